The number of fused-ring (bicyclic) bond motifs is 1. The Bertz CT molecular complexity index is 1080. The molecule has 1 aromatic heterocycles. The first-order valence-electron chi connectivity index (χ1n) is 10.8. The third kappa shape index (κ3) is 4.84. The number of ether oxygens (including phenoxy) is 2. The SMILES string of the molecule is COc1cc2nc(Cl)nc(NC3CCN(Cc4ccccc4N(C)C)CC3)c2cc1OC. The second kappa shape index (κ2) is 9.79. The van der Waals surface area contributed by atoms with Crippen LogP contribution in [0.1, 0.15) is 18.4 Å². The van der Waals surface area contributed by atoms with Crippen LogP contribution >= 0.6 is 11.6 Å². The molecule has 1 aliphatic heterocycles. The number of nitrogens with zero attached hydrogens (tertiary/aromatic N) is 4. The summed E-state index contributed by atoms with van der Waals surface area (Å²) in [5.41, 5.74) is 3.36. The molecule has 4 rings (SSSR count). The third-order valence-corrected chi connectivity index (χ3v) is 6.14. The minimum absolute atomic E-state index is 0.213. The average molecular weight is 456 g/mol. The highest BCUT2D eigenvalue weighted by atomic mass is 35.5. The molecule has 1 fully saturated rings. The molecule has 2 aromatic carbocycles. The van der Waals surface area contributed by atoms with Crippen LogP contribution in [0.15, 0.2) is 36.4 Å². The van der Waals surface area contributed by atoms with E-state index in [2.05, 4.69) is 63.4 Å². The molecule has 1 saturated heterocycles. The van der Waals surface area contributed by atoms with E-state index in [1.165, 1.54) is 11.3 Å². The Morgan fingerprint density at radius 2 is 1.75 bits per heavy atom. The number of benzene rings is 2. The summed E-state index contributed by atoms with van der Waals surface area (Å²) in [6, 6.07) is 12.7. The number of rotatable bonds is 7. The lowest BCUT2D eigenvalue weighted by Gasteiger charge is -2.33. The van der Waals surface area contributed by atoms with Gasteiger partial charge in [0.1, 0.15) is 5.82 Å². The maximum atomic E-state index is 6.22. The lowest BCUT2D eigenvalue weighted by molar-refractivity contribution is 0.211. The lowest BCUT2D eigenvalue weighted by atomic mass is 10.0. The van der Waals surface area contributed by atoms with Crippen LogP contribution in [0.25, 0.3) is 10.9 Å². The van der Waals surface area contributed by atoms with Crippen molar-refractivity contribution in [2.45, 2.75) is 25.4 Å². The van der Waals surface area contributed by atoms with Gasteiger partial charge in [0, 0.05) is 56.9 Å². The minimum Gasteiger partial charge on any atom is -0.493 e. The number of para-hydroxylation sites is 1. The number of hydrogen-bond donors (Lipinski definition) is 1. The summed E-state index contributed by atoms with van der Waals surface area (Å²) in [5, 5.41) is 4.68. The van der Waals surface area contributed by atoms with Gasteiger partial charge in [0.15, 0.2) is 11.5 Å². The van der Waals surface area contributed by atoms with E-state index in [0.29, 0.717) is 17.5 Å². The van der Waals surface area contributed by atoms with E-state index in [-0.39, 0.29) is 5.28 Å². The molecule has 7 nitrogen and oxygen atoms in total. The molecular weight excluding hydrogens is 426 g/mol. The Labute approximate surface area is 194 Å². The zero-order valence-electron chi connectivity index (χ0n) is 19.1. The Balaban J connectivity index is 1.46. The molecule has 2 heterocycles. The monoisotopic (exact) mass is 455 g/mol. The number of piperidine rings is 1. The van der Waals surface area contributed by atoms with Crippen molar-refractivity contribution in [3.63, 3.8) is 0 Å². The van der Waals surface area contributed by atoms with Gasteiger partial charge >= 0.3 is 0 Å². The molecule has 1 aliphatic rings. The van der Waals surface area contributed by atoms with E-state index in [1.807, 2.05) is 12.1 Å². The fourth-order valence-electron chi connectivity index (χ4n) is 4.29. The number of nitrogens with one attached hydrogen (secondary N) is 1. The topological polar surface area (TPSA) is 62.8 Å². The van der Waals surface area contributed by atoms with E-state index >= 15 is 0 Å². The Hall–Kier alpha value is -2.77. The lowest BCUT2D eigenvalue weighted by Crippen LogP contribution is -2.39. The largest absolute Gasteiger partial charge is 0.493 e. The Morgan fingerprint density at radius 1 is 1.06 bits per heavy atom. The molecular formula is C24H30ClN5O2. The number of aromatic nitrogens is 2. The third-order valence-electron chi connectivity index (χ3n) is 5.97. The maximum Gasteiger partial charge on any atom is 0.224 e. The fraction of sp³-hybridized carbons (Fsp3) is 0.417. The second-order valence-electron chi connectivity index (χ2n) is 8.28. The molecule has 170 valence electrons. The van der Waals surface area contributed by atoms with E-state index < -0.39 is 0 Å². The van der Waals surface area contributed by atoms with Crippen molar-refractivity contribution in [3.05, 3.63) is 47.2 Å². The number of hydrogen-bond acceptors (Lipinski definition) is 7. The first-order chi connectivity index (χ1) is 15.5. The molecule has 0 aliphatic carbocycles. The molecule has 0 atom stereocenters. The molecule has 0 amide bonds. The summed E-state index contributed by atoms with van der Waals surface area (Å²) in [4.78, 5) is 13.5. The van der Waals surface area contributed by atoms with Crippen LogP contribution in [0.5, 0.6) is 11.5 Å². The van der Waals surface area contributed by atoms with Gasteiger partial charge < -0.3 is 19.7 Å². The van der Waals surface area contributed by atoms with Crippen molar-refractivity contribution in [1.29, 1.82) is 0 Å². The van der Waals surface area contributed by atoms with Gasteiger partial charge in [-0.1, -0.05) is 18.2 Å². The average Bonchev–Trinajstić information content (AvgIpc) is 2.79. The van der Waals surface area contributed by atoms with Gasteiger partial charge in [-0.3, -0.25) is 4.90 Å². The number of anilines is 2. The summed E-state index contributed by atoms with van der Waals surface area (Å²) in [5.74, 6) is 1.99. The first kappa shape index (κ1) is 22.4. The van der Waals surface area contributed by atoms with Crippen LogP contribution < -0.4 is 19.7 Å². The van der Waals surface area contributed by atoms with Crippen LogP contribution in [0.3, 0.4) is 0 Å². The minimum atomic E-state index is 0.213. The fourth-order valence-corrected chi connectivity index (χ4v) is 4.46. The van der Waals surface area contributed by atoms with Crippen LogP contribution in [0.2, 0.25) is 5.28 Å². The maximum absolute atomic E-state index is 6.22. The molecule has 0 spiro atoms. The number of methoxy groups -OCH3 is 2. The summed E-state index contributed by atoms with van der Waals surface area (Å²) < 4.78 is 10.9. The summed E-state index contributed by atoms with van der Waals surface area (Å²) >= 11 is 6.22. The van der Waals surface area contributed by atoms with Crippen LogP contribution in [0.4, 0.5) is 11.5 Å². The van der Waals surface area contributed by atoms with E-state index in [1.54, 1.807) is 14.2 Å². The van der Waals surface area contributed by atoms with Gasteiger partial charge in [-0.2, -0.15) is 0 Å². The Kier molecular flexibility index (Phi) is 6.86. The molecule has 0 unspecified atom stereocenters. The van der Waals surface area contributed by atoms with Crippen molar-refractivity contribution < 1.29 is 9.47 Å². The van der Waals surface area contributed by atoms with Crippen molar-refractivity contribution >= 4 is 34.0 Å². The standard InChI is InChI=1S/C24H30ClN5O2/c1-29(2)20-8-6-5-7-16(20)15-30-11-9-17(10-12-30)26-23-18-13-21(31-3)22(32-4)14-19(18)27-24(25)28-23/h5-8,13-14,17H,9-12,15H2,1-4H3,(H,26,27,28). The molecule has 8 heteroatoms. The molecule has 3 aromatic rings. The van der Waals surface area contributed by atoms with Crippen molar-refractivity contribution in [2.75, 3.05) is 51.6 Å². The quantitative estimate of drug-likeness (QED) is 0.528. The van der Waals surface area contributed by atoms with Crippen LogP contribution in [-0.4, -0.2) is 62.3 Å². The zero-order valence-corrected chi connectivity index (χ0v) is 19.8. The van der Waals surface area contributed by atoms with Crippen LogP contribution in [-0.2, 0) is 6.54 Å². The highest BCUT2D eigenvalue weighted by Crippen LogP contribution is 2.35. The van der Waals surface area contributed by atoms with E-state index in [4.69, 9.17) is 21.1 Å². The molecule has 32 heavy (non-hydrogen) atoms. The van der Waals surface area contributed by atoms with Crippen molar-refractivity contribution in [3.8, 4) is 11.5 Å². The molecule has 0 saturated carbocycles. The van der Waals surface area contributed by atoms with Gasteiger partial charge in [0.25, 0.3) is 0 Å². The van der Waals surface area contributed by atoms with Gasteiger partial charge in [0.05, 0.1) is 19.7 Å². The normalized spacial score (nSPS) is 15.0. The summed E-state index contributed by atoms with van der Waals surface area (Å²) in [7, 11) is 7.42. The predicted octanol–water partition coefficient (Wildman–Crippen LogP) is 4.44. The Morgan fingerprint density at radius 3 is 2.44 bits per heavy atom. The van der Waals surface area contributed by atoms with E-state index in [0.717, 1.165) is 49.2 Å². The highest BCUT2D eigenvalue weighted by molar-refractivity contribution is 6.28. The van der Waals surface area contributed by atoms with Crippen LogP contribution in [0, 0.1) is 0 Å². The number of halogens is 1. The predicted molar refractivity (Wildman–Crippen MR) is 130 cm³/mol. The first-order valence-corrected chi connectivity index (χ1v) is 11.2. The molecule has 0 radical (unpaired) electrons. The smallest absolute Gasteiger partial charge is 0.224 e. The van der Waals surface area contributed by atoms with Gasteiger partial charge in [0.2, 0.25) is 5.28 Å². The highest BCUT2D eigenvalue weighted by Gasteiger charge is 2.22. The van der Waals surface area contributed by atoms with E-state index in [9.17, 15) is 0 Å². The summed E-state index contributed by atoms with van der Waals surface area (Å²) in [6.07, 6.45) is 2.06. The van der Waals surface area contributed by atoms with Gasteiger partial charge in [-0.25, -0.2) is 9.97 Å². The molecule has 0 bridgehead atoms. The van der Waals surface area contributed by atoms with Crippen molar-refractivity contribution in [1.82, 2.24) is 14.9 Å². The summed E-state index contributed by atoms with van der Waals surface area (Å²) in [6.45, 7) is 3.00. The van der Waals surface area contributed by atoms with Gasteiger partial charge in [-0.05, 0) is 42.1 Å². The second-order valence-corrected chi connectivity index (χ2v) is 8.62. The molecule has 1 N–H and O–H groups in total. The number of likely N-dealkylation sites (tertiary alicyclic amines) is 1. The zero-order chi connectivity index (χ0) is 22.7. The van der Waals surface area contributed by atoms with Crippen molar-refractivity contribution in [2.24, 2.45) is 0 Å². The van der Waals surface area contributed by atoms with Gasteiger partial charge in [-0.15, -0.1) is 0 Å².